The Balaban J connectivity index is 2.14. The number of aryl methyl sites for hydroxylation is 1. The van der Waals surface area contributed by atoms with E-state index in [2.05, 4.69) is 5.32 Å². The van der Waals surface area contributed by atoms with Gasteiger partial charge in [-0.15, -0.1) is 0 Å². The number of hydrogen-bond acceptors (Lipinski definition) is 3. The summed E-state index contributed by atoms with van der Waals surface area (Å²) in [5.41, 5.74) is 7.44. The van der Waals surface area contributed by atoms with Gasteiger partial charge in [0.2, 0.25) is 0 Å². The number of carboxylic acids is 1. The van der Waals surface area contributed by atoms with Gasteiger partial charge in [-0.2, -0.15) is 0 Å². The quantitative estimate of drug-likeness (QED) is 0.742. The van der Waals surface area contributed by atoms with Crippen LogP contribution in [0.5, 0.6) is 0 Å². The van der Waals surface area contributed by atoms with Gasteiger partial charge in [-0.1, -0.05) is 30.9 Å². The maximum absolute atomic E-state index is 12.3. The smallest absolute Gasteiger partial charge is 0.326 e. The second kappa shape index (κ2) is 6.61. The molecule has 1 aliphatic rings. The van der Waals surface area contributed by atoms with Crippen LogP contribution in [0.4, 0.5) is 5.69 Å². The lowest BCUT2D eigenvalue weighted by Crippen LogP contribution is -2.46. The molecule has 0 aliphatic heterocycles. The number of amides is 1. The van der Waals surface area contributed by atoms with E-state index in [0.29, 0.717) is 11.3 Å². The number of nitrogens with one attached hydrogen (secondary N) is 1. The first-order valence-electron chi connectivity index (χ1n) is 7.39. The SMILES string of the molecule is Cc1ccc(N)c(C(=O)NC(C(=O)O)C2CCCCC2)c1. The number of benzene rings is 1. The van der Waals surface area contributed by atoms with Crippen molar-refractivity contribution in [3.63, 3.8) is 0 Å². The summed E-state index contributed by atoms with van der Waals surface area (Å²) in [5.74, 6) is -1.37. The van der Waals surface area contributed by atoms with E-state index in [1.54, 1.807) is 12.1 Å². The standard InChI is InChI=1S/C16H22N2O3/c1-10-7-8-13(17)12(9-10)15(19)18-14(16(20)21)11-5-3-2-4-6-11/h7-9,11,14H,2-6,17H2,1H3,(H,18,19)(H,20,21). The molecule has 0 spiro atoms. The number of hydrogen-bond donors (Lipinski definition) is 3. The number of anilines is 1. The topological polar surface area (TPSA) is 92.4 Å². The highest BCUT2D eigenvalue weighted by Crippen LogP contribution is 2.27. The van der Waals surface area contributed by atoms with Crippen LogP contribution in [0, 0.1) is 12.8 Å². The Morgan fingerprint density at radius 2 is 1.95 bits per heavy atom. The number of nitrogens with two attached hydrogens (primary N) is 1. The number of rotatable bonds is 4. The molecule has 2 rings (SSSR count). The number of carboxylic acid groups (broad SMARTS) is 1. The third-order valence-corrected chi connectivity index (χ3v) is 4.13. The molecule has 1 saturated carbocycles. The van der Waals surface area contributed by atoms with Crippen LogP contribution in [0.1, 0.15) is 48.0 Å². The number of nitrogen functional groups attached to an aromatic ring is 1. The minimum absolute atomic E-state index is 0.00577. The van der Waals surface area contributed by atoms with Gasteiger partial charge >= 0.3 is 5.97 Å². The number of carbonyl (C=O) groups is 2. The molecule has 0 aromatic heterocycles. The van der Waals surface area contributed by atoms with Crippen molar-refractivity contribution in [1.82, 2.24) is 5.32 Å². The van der Waals surface area contributed by atoms with E-state index in [1.807, 2.05) is 13.0 Å². The normalized spacial score (nSPS) is 17.2. The fourth-order valence-corrected chi connectivity index (χ4v) is 2.93. The second-order valence-corrected chi connectivity index (χ2v) is 5.78. The fraction of sp³-hybridized carbons (Fsp3) is 0.500. The highest BCUT2D eigenvalue weighted by molar-refractivity contribution is 6.01. The van der Waals surface area contributed by atoms with Crippen molar-refractivity contribution in [3.05, 3.63) is 29.3 Å². The molecule has 4 N–H and O–H groups in total. The van der Waals surface area contributed by atoms with Crippen LogP contribution in [0.2, 0.25) is 0 Å². The molecule has 21 heavy (non-hydrogen) atoms. The zero-order chi connectivity index (χ0) is 15.4. The Morgan fingerprint density at radius 1 is 1.29 bits per heavy atom. The van der Waals surface area contributed by atoms with Crippen LogP contribution < -0.4 is 11.1 Å². The van der Waals surface area contributed by atoms with Gasteiger partial charge in [0.1, 0.15) is 6.04 Å². The zero-order valence-electron chi connectivity index (χ0n) is 12.3. The third kappa shape index (κ3) is 3.74. The largest absolute Gasteiger partial charge is 0.480 e. The van der Waals surface area contributed by atoms with Gasteiger partial charge in [0, 0.05) is 5.69 Å². The lowest BCUT2D eigenvalue weighted by molar-refractivity contribution is -0.141. The van der Waals surface area contributed by atoms with Crippen LogP contribution >= 0.6 is 0 Å². The summed E-state index contributed by atoms with van der Waals surface area (Å²) in [5, 5.41) is 12.1. The van der Waals surface area contributed by atoms with E-state index in [0.717, 1.165) is 37.7 Å². The van der Waals surface area contributed by atoms with E-state index in [1.165, 1.54) is 0 Å². The van der Waals surface area contributed by atoms with E-state index in [-0.39, 0.29) is 5.92 Å². The average molecular weight is 290 g/mol. The number of aliphatic carboxylic acids is 1. The van der Waals surface area contributed by atoms with Gasteiger partial charge in [-0.25, -0.2) is 4.79 Å². The first-order chi connectivity index (χ1) is 9.99. The van der Waals surface area contributed by atoms with Gasteiger partial charge in [-0.3, -0.25) is 4.79 Å². The van der Waals surface area contributed by atoms with Crippen molar-refractivity contribution in [2.75, 3.05) is 5.73 Å². The van der Waals surface area contributed by atoms with Crippen molar-refractivity contribution >= 4 is 17.6 Å². The molecule has 5 heteroatoms. The number of carbonyl (C=O) groups excluding carboxylic acids is 1. The molecule has 114 valence electrons. The van der Waals surface area contributed by atoms with Crippen LogP contribution in [-0.4, -0.2) is 23.0 Å². The van der Waals surface area contributed by atoms with Gasteiger partial charge in [0.25, 0.3) is 5.91 Å². The van der Waals surface area contributed by atoms with Gasteiger partial charge < -0.3 is 16.2 Å². The fourth-order valence-electron chi connectivity index (χ4n) is 2.93. The monoisotopic (exact) mass is 290 g/mol. The Bertz CT molecular complexity index is 536. The van der Waals surface area contributed by atoms with E-state index < -0.39 is 17.9 Å². The van der Waals surface area contributed by atoms with Gasteiger partial charge in [0.15, 0.2) is 0 Å². The van der Waals surface area contributed by atoms with Crippen LogP contribution in [-0.2, 0) is 4.79 Å². The van der Waals surface area contributed by atoms with Crippen LogP contribution in [0.15, 0.2) is 18.2 Å². The van der Waals surface area contributed by atoms with Crippen LogP contribution in [0.3, 0.4) is 0 Å². The predicted octanol–water partition coefficient (Wildman–Crippen LogP) is 2.34. The highest BCUT2D eigenvalue weighted by atomic mass is 16.4. The first kappa shape index (κ1) is 15.4. The Kier molecular flexibility index (Phi) is 4.83. The van der Waals surface area contributed by atoms with E-state index >= 15 is 0 Å². The summed E-state index contributed by atoms with van der Waals surface area (Å²) in [6, 6.07) is 4.34. The van der Waals surface area contributed by atoms with Crippen molar-refractivity contribution < 1.29 is 14.7 Å². The third-order valence-electron chi connectivity index (χ3n) is 4.13. The molecule has 1 aliphatic carbocycles. The molecule has 0 saturated heterocycles. The Labute approximate surface area is 124 Å². The molecule has 1 aromatic carbocycles. The first-order valence-corrected chi connectivity index (χ1v) is 7.39. The molecule has 5 nitrogen and oxygen atoms in total. The summed E-state index contributed by atoms with van der Waals surface area (Å²) in [6.45, 7) is 1.87. The maximum atomic E-state index is 12.3. The molecule has 1 aromatic rings. The minimum atomic E-state index is -0.971. The van der Waals surface area contributed by atoms with Crippen LogP contribution in [0.25, 0.3) is 0 Å². The molecule has 0 radical (unpaired) electrons. The van der Waals surface area contributed by atoms with E-state index in [9.17, 15) is 14.7 Å². The maximum Gasteiger partial charge on any atom is 0.326 e. The minimum Gasteiger partial charge on any atom is -0.480 e. The summed E-state index contributed by atoms with van der Waals surface area (Å²) >= 11 is 0. The molecular weight excluding hydrogens is 268 g/mol. The second-order valence-electron chi connectivity index (χ2n) is 5.78. The molecule has 1 fully saturated rings. The predicted molar refractivity (Wildman–Crippen MR) is 81.1 cm³/mol. The summed E-state index contributed by atoms with van der Waals surface area (Å²) in [4.78, 5) is 23.8. The average Bonchev–Trinajstić information content (AvgIpc) is 2.47. The Morgan fingerprint density at radius 3 is 2.57 bits per heavy atom. The molecular formula is C16H22N2O3. The van der Waals surface area contributed by atoms with Crippen molar-refractivity contribution in [1.29, 1.82) is 0 Å². The zero-order valence-corrected chi connectivity index (χ0v) is 12.3. The molecule has 1 atom stereocenters. The summed E-state index contributed by atoms with van der Waals surface area (Å²) in [6.07, 6.45) is 4.89. The molecule has 1 unspecified atom stereocenters. The van der Waals surface area contributed by atoms with Crippen molar-refractivity contribution in [2.24, 2.45) is 5.92 Å². The Hall–Kier alpha value is -2.04. The lowest BCUT2D eigenvalue weighted by atomic mass is 9.83. The molecule has 0 bridgehead atoms. The van der Waals surface area contributed by atoms with Crippen molar-refractivity contribution in [2.45, 2.75) is 45.1 Å². The molecule has 0 heterocycles. The summed E-state index contributed by atoms with van der Waals surface area (Å²) in [7, 11) is 0. The van der Waals surface area contributed by atoms with E-state index in [4.69, 9.17) is 5.73 Å². The lowest BCUT2D eigenvalue weighted by Gasteiger charge is -2.28. The van der Waals surface area contributed by atoms with Gasteiger partial charge in [0.05, 0.1) is 5.56 Å². The molecule has 1 amide bonds. The highest BCUT2D eigenvalue weighted by Gasteiger charge is 2.31. The van der Waals surface area contributed by atoms with Gasteiger partial charge in [-0.05, 0) is 37.8 Å². The summed E-state index contributed by atoms with van der Waals surface area (Å²) < 4.78 is 0. The van der Waals surface area contributed by atoms with Crippen molar-refractivity contribution in [3.8, 4) is 0 Å².